The Morgan fingerprint density at radius 1 is 1.10 bits per heavy atom. The summed E-state index contributed by atoms with van der Waals surface area (Å²) in [5, 5.41) is 6.08. The Balaban J connectivity index is 1.97. The lowest BCUT2D eigenvalue weighted by Crippen LogP contribution is -2.26. The lowest BCUT2D eigenvalue weighted by atomic mass is 9.86. The predicted octanol–water partition coefficient (Wildman–Crippen LogP) is 4.67. The Morgan fingerprint density at radius 2 is 1.80 bits per heavy atom. The van der Waals surface area contributed by atoms with Crippen LogP contribution < -0.4 is 4.57 Å². The Bertz CT molecular complexity index is 1240. The van der Waals surface area contributed by atoms with Gasteiger partial charge in [-0.05, 0) is 30.0 Å². The van der Waals surface area contributed by atoms with Crippen LogP contribution >= 0.6 is 0 Å². The van der Waals surface area contributed by atoms with Crippen LogP contribution in [-0.2, 0) is 18.6 Å². The summed E-state index contributed by atoms with van der Waals surface area (Å²) in [6.45, 7) is 7.55. The van der Waals surface area contributed by atoms with E-state index in [1.54, 1.807) is 6.07 Å². The third-order valence-electron chi connectivity index (χ3n) is 5.18. The summed E-state index contributed by atoms with van der Waals surface area (Å²) in [6, 6.07) is 11.5. The van der Waals surface area contributed by atoms with Crippen molar-refractivity contribution >= 4 is 11.0 Å². The van der Waals surface area contributed by atoms with Crippen LogP contribution in [-0.4, -0.2) is 19.7 Å². The first-order chi connectivity index (χ1) is 14.0. The number of imidazole rings is 1. The monoisotopic (exact) mass is 413 g/mol. The van der Waals surface area contributed by atoms with Crippen molar-refractivity contribution in [2.24, 2.45) is 7.05 Å². The molecule has 0 bridgehead atoms. The van der Waals surface area contributed by atoms with Gasteiger partial charge in [-0.2, -0.15) is 18.3 Å². The fraction of sp³-hybridized carbons (Fsp3) is 0.318. The molecule has 0 radical (unpaired) electrons. The smallest absolute Gasteiger partial charge is 0.316 e. The minimum atomic E-state index is -4.50. The zero-order valence-electron chi connectivity index (χ0n) is 17.4. The zero-order valence-corrected chi connectivity index (χ0v) is 17.4. The predicted molar refractivity (Wildman–Crippen MR) is 107 cm³/mol. The molecule has 156 valence electrons. The second-order valence-electron chi connectivity index (χ2n) is 8.40. The van der Waals surface area contributed by atoms with E-state index in [-0.39, 0.29) is 16.7 Å². The number of aromatic nitrogens is 5. The van der Waals surface area contributed by atoms with Crippen LogP contribution in [0.25, 0.3) is 28.2 Å². The van der Waals surface area contributed by atoms with Crippen molar-refractivity contribution in [3.05, 3.63) is 59.5 Å². The van der Waals surface area contributed by atoms with E-state index in [4.69, 9.17) is 0 Å². The van der Waals surface area contributed by atoms with Gasteiger partial charge in [-0.1, -0.05) is 45.0 Å². The van der Waals surface area contributed by atoms with Gasteiger partial charge < -0.3 is 9.13 Å². The lowest BCUT2D eigenvalue weighted by Gasteiger charge is -2.21. The Labute approximate surface area is 172 Å². The molecule has 4 rings (SSSR count). The number of alkyl halides is 3. The number of nitrogens with one attached hydrogen (secondary N) is 1. The first kappa shape index (κ1) is 20.1. The minimum Gasteiger partial charge on any atom is -0.316 e. The molecule has 0 aliphatic heterocycles. The average Bonchev–Trinajstić information content (AvgIpc) is 3.21. The molecule has 0 aliphatic rings. The molecule has 0 atom stereocenters. The van der Waals surface area contributed by atoms with E-state index in [2.05, 4.69) is 21.5 Å². The summed E-state index contributed by atoms with van der Waals surface area (Å²) in [4.78, 5) is 4.68. The molecule has 3 aromatic heterocycles. The van der Waals surface area contributed by atoms with Gasteiger partial charge >= 0.3 is 6.18 Å². The standard InChI is InChI=1S/C22H22F3N5/c1-13-19(27-28-20(13)22(23,24)25)15-10-14(21(2,3)4)11-18(26-15)30-12-29(5)16-8-6-7-9-17(16)30/h6-11H,1-5H3,(H,27,28). The topological polar surface area (TPSA) is 50.4 Å². The first-order valence-corrected chi connectivity index (χ1v) is 9.51. The molecular formula is C22H22F3N5. The van der Waals surface area contributed by atoms with Crippen LogP contribution in [0.5, 0.6) is 0 Å². The SMILES string of the molecule is Cc1c(-c2cc(C(C)(C)C)cc(-n3[c-][n+](C)c4ccccc43)n2)n[nH]c1C(F)(F)F. The number of pyridine rings is 1. The number of halogens is 3. The molecule has 4 aromatic rings. The quantitative estimate of drug-likeness (QED) is 0.384. The van der Waals surface area contributed by atoms with E-state index in [0.717, 1.165) is 16.6 Å². The summed E-state index contributed by atoms with van der Waals surface area (Å²) in [5.74, 6) is 0.574. The highest BCUT2D eigenvalue weighted by atomic mass is 19.4. The molecule has 5 nitrogen and oxygen atoms in total. The summed E-state index contributed by atoms with van der Waals surface area (Å²) in [6.07, 6.45) is -1.27. The van der Waals surface area contributed by atoms with Crippen LogP contribution in [0.1, 0.15) is 37.6 Å². The molecule has 0 spiro atoms. The highest BCUT2D eigenvalue weighted by molar-refractivity contribution is 5.74. The maximum atomic E-state index is 13.3. The van der Waals surface area contributed by atoms with Gasteiger partial charge in [-0.25, -0.2) is 0 Å². The maximum absolute atomic E-state index is 13.3. The van der Waals surface area contributed by atoms with Crippen molar-refractivity contribution in [3.63, 3.8) is 0 Å². The van der Waals surface area contributed by atoms with Crippen LogP contribution in [0.2, 0.25) is 0 Å². The second-order valence-corrected chi connectivity index (χ2v) is 8.40. The van der Waals surface area contributed by atoms with Crippen molar-refractivity contribution in [3.8, 4) is 17.2 Å². The van der Waals surface area contributed by atoms with Gasteiger partial charge in [0.2, 0.25) is 6.33 Å². The number of para-hydroxylation sites is 2. The maximum Gasteiger partial charge on any atom is 0.433 e. The van der Waals surface area contributed by atoms with Gasteiger partial charge in [0.1, 0.15) is 17.2 Å². The van der Waals surface area contributed by atoms with E-state index in [9.17, 15) is 13.2 Å². The molecule has 0 amide bonds. The molecule has 0 fully saturated rings. The van der Waals surface area contributed by atoms with Crippen molar-refractivity contribution < 1.29 is 17.7 Å². The fourth-order valence-corrected chi connectivity index (χ4v) is 3.48. The van der Waals surface area contributed by atoms with Crippen molar-refractivity contribution in [2.45, 2.75) is 39.3 Å². The molecule has 0 aliphatic carbocycles. The number of aryl methyl sites for hydroxylation is 1. The molecule has 0 saturated carbocycles. The number of fused-ring (bicyclic) bond motifs is 1. The van der Waals surface area contributed by atoms with Crippen molar-refractivity contribution in [2.75, 3.05) is 0 Å². The molecule has 1 N–H and O–H groups in total. The number of benzene rings is 1. The Morgan fingerprint density at radius 3 is 2.43 bits per heavy atom. The molecule has 1 aromatic carbocycles. The highest BCUT2D eigenvalue weighted by Gasteiger charge is 2.36. The molecule has 3 heterocycles. The minimum absolute atomic E-state index is 0.0268. The van der Waals surface area contributed by atoms with Crippen molar-refractivity contribution in [1.82, 2.24) is 19.7 Å². The van der Waals surface area contributed by atoms with Crippen LogP contribution in [0.15, 0.2) is 36.4 Å². The summed E-state index contributed by atoms with van der Waals surface area (Å²) >= 11 is 0. The van der Waals surface area contributed by atoms with Gasteiger partial charge in [-0.15, -0.1) is 0 Å². The van der Waals surface area contributed by atoms with Crippen molar-refractivity contribution in [1.29, 1.82) is 0 Å². The number of nitrogens with zero attached hydrogens (tertiary/aromatic N) is 4. The second kappa shape index (κ2) is 6.68. The Kier molecular flexibility index (Phi) is 4.48. The first-order valence-electron chi connectivity index (χ1n) is 9.51. The van der Waals surface area contributed by atoms with Gasteiger partial charge in [0.05, 0.1) is 23.8 Å². The van der Waals surface area contributed by atoms with Gasteiger partial charge in [0.25, 0.3) is 0 Å². The van der Waals surface area contributed by atoms with Gasteiger partial charge in [0.15, 0.2) is 0 Å². The zero-order chi connectivity index (χ0) is 21.8. The molecule has 30 heavy (non-hydrogen) atoms. The number of aromatic amines is 1. The third kappa shape index (κ3) is 3.36. The molecule has 0 saturated heterocycles. The molecule has 8 heteroatoms. The van der Waals surface area contributed by atoms with E-state index in [0.29, 0.717) is 11.5 Å². The summed E-state index contributed by atoms with van der Waals surface area (Å²) < 4.78 is 43.5. The molecule has 0 unspecified atom stereocenters. The van der Waals surface area contributed by atoms with E-state index in [1.807, 2.05) is 67.3 Å². The summed E-state index contributed by atoms with van der Waals surface area (Å²) in [5.41, 5.74) is 2.31. The summed E-state index contributed by atoms with van der Waals surface area (Å²) in [7, 11) is 1.89. The third-order valence-corrected chi connectivity index (χ3v) is 5.18. The largest absolute Gasteiger partial charge is 0.433 e. The van der Waals surface area contributed by atoms with E-state index < -0.39 is 11.9 Å². The molecular weight excluding hydrogens is 391 g/mol. The van der Waals surface area contributed by atoms with Gasteiger partial charge in [-0.3, -0.25) is 10.1 Å². The number of hydrogen-bond donors (Lipinski definition) is 1. The lowest BCUT2D eigenvalue weighted by molar-refractivity contribution is -0.649. The fourth-order valence-electron chi connectivity index (χ4n) is 3.48. The highest BCUT2D eigenvalue weighted by Crippen LogP contribution is 2.35. The van der Waals surface area contributed by atoms with Crippen LogP contribution in [0.3, 0.4) is 0 Å². The van der Waals surface area contributed by atoms with Gasteiger partial charge in [0, 0.05) is 5.56 Å². The normalized spacial score (nSPS) is 12.7. The average molecular weight is 413 g/mol. The van der Waals surface area contributed by atoms with Crippen LogP contribution in [0.4, 0.5) is 13.2 Å². The number of H-pyrrole nitrogens is 1. The van der Waals surface area contributed by atoms with E-state index >= 15 is 0 Å². The Hall–Kier alpha value is -3.16. The number of rotatable bonds is 2. The number of hydrogen-bond acceptors (Lipinski definition) is 2. The van der Waals surface area contributed by atoms with E-state index in [1.165, 1.54) is 6.92 Å². The van der Waals surface area contributed by atoms with Crippen LogP contribution in [0, 0.1) is 13.3 Å².